The molecule has 8 heteroatoms. The van der Waals surface area contributed by atoms with Crippen LogP contribution in [0.1, 0.15) is 31.9 Å². The number of anilines is 2. The quantitative estimate of drug-likeness (QED) is 0.384. The van der Waals surface area contributed by atoms with Crippen LogP contribution in [0.15, 0.2) is 72.8 Å². The van der Waals surface area contributed by atoms with E-state index in [-0.39, 0.29) is 5.91 Å². The fraction of sp³-hybridized carbons (Fsp3) is 0.310. The number of hydrogen-bond acceptors (Lipinski definition) is 7. The minimum absolute atomic E-state index is 0.322. The average Bonchev–Trinajstić information content (AvgIpc) is 3.44. The molecule has 37 heavy (non-hydrogen) atoms. The number of benzene rings is 3. The maximum absolute atomic E-state index is 13.9. The van der Waals surface area contributed by atoms with E-state index in [1.165, 1.54) is 4.90 Å². The minimum atomic E-state index is -0.963. The van der Waals surface area contributed by atoms with Crippen molar-refractivity contribution in [3.63, 3.8) is 0 Å². The third-order valence-corrected chi connectivity index (χ3v) is 6.50. The normalized spacial score (nSPS) is 20.8. The van der Waals surface area contributed by atoms with Crippen molar-refractivity contribution in [2.24, 2.45) is 5.92 Å². The molecular weight excluding hydrogens is 472 g/mol. The standard InChI is InChI=1S/C29H30N2O6/c1-4-16-36-23-15-14-19(17-24(23)34-3)26-25-27(37-31(26)20-10-7-6-8-11-20)29(33)30(28(25)32)21-12-9-13-22(18-21)35-5-2/h6-15,17-18,25-27H,4-5,16H2,1-3H3/t25-,26+,27+/m1/s1. The zero-order valence-corrected chi connectivity index (χ0v) is 21.1. The molecule has 0 N–H and O–H groups in total. The lowest BCUT2D eigenvalue weighted by atomic mass is 9.90. The van der Waals surface area contributed by atoms with Crippen molar-refractivity contribution in [3.8, 4) is 17.2 Å². The molecule has 2 amide bonds. The monoisotopic (exact) mass is 502 g/mol. The molecule has 2 heterocycles. The smallest absolute Gasteiger partial charge is 0.266 e. The molecule has 8 nitrogen and oxygen atoms in total. The van der Waals surface area contributed by atoms with E-state index in [4.69, 9.17) is 19.0 Å². The molecule has 3 atom stereocenters. The Labute approximate surface area is 216 Å². The van der Waals surface area contributed by atoms with E-state index in [2.05, 4.69) is 0 Å². The number of imide groups is 1. The van der Waals surface area contributed by atoms with E-state index >= 15 is 0 Å². The SMILES string of the molecule is CCCOc1ccc([C@H]2[C@H]3C(=O)N(c4cccc(OCC)c4)C(=O)[C@H]3ON2c2ccccc2)cc1OC. The fourth-order valence-corrected chi connectivity index (χ4v) is 4.89. The van der Waals surface area contributed by atoms with E-state index < -0.39 is 24.0 Å². The van der Waals surface area contributed by atoms with Crippen LogP contribution in [0.2, 0.25) is 0 Å². The molecule has 192 valence electrons. The number of fused-ring (bicyclic) bond motifs is 1. The fourth-order valence-electron chi connectivity index (χ4n) is 4.89. The third-order valence-electron chi connectivity index (χ3n) is 6.50. The molecule has 0 aromatic heterocycles. The zero-order chi connectivity index (χ0) is 25.9. The Balaban J connectivity index is 1.55. The Bertz CT molecular complexity index is 1280. The van der Waals surface area contributed by atoms with E-state index in [1.807, 2.05) is 62.4 Å². The van der Waals surface area contributed by atoms with Crippen LogP contribution in [-0.4, -0.2) is 38.2 Å². The van der Waals surface area contributed by atoms with E-state index in [0.29, 0.717) is 36.1 Å². The van der Waals surface area contributed by atoms with Crippen LogP contribution < -0.4 is 24.2 Å². The number of carbonyl (C=O) groups is 2. The second kappa shape index (κ2) is 10.5. The summed E-state index contributed by atoms with van der Waals surface area (Å²) in [5, 5.41) is 1.67. The number of hydrogen-bond donors (Lipinski definition) is 0. The molecule has 0 radical (unpaired) electrons. The summed E-state index contributed by atoms with van der Waals surface area (Å²) in [5.41, 5.74) is 1.99. The summed E-state index contributed by atoms with van der Waals surface area (Å²) in [5.74, 6) is 0.293. The van der Waals surface area contributed by atoms with Crippen molar-refractivity contribution in [3.05, 3.63) is 78.4 Å². The Kier molecular flexibility index (Phi) is 7.01. The van der Waals surface area contributed by atoms with Gasteiger partial charge in [0.1, 0.15) is 11.7 Å². The van der Waals surface area contributed by atoms with Gasteiger partial charge in [0.2, 0.25) is 5.91 Å². The van der Waals surface area contributed by atoms with Gasteiger partial charge in [-0.05, 0) is 55.3 Å². The largest absolute Gasteiger partial charge is 0.494 e. The molecule has 2 aliphatic heterocycles. The van der Waals surface area contributed by atoms with Crippen LogP contribution in [0.4, 0.5) is 11.4 Å². The molecule has 2 fully saturated rings. The molecule has 3 aromatic rings. The van der Waals surface area contributed by atoms with Gasteiger partial charge in [0.05, 0.1) is 37.7 Å². The Morgan fingerprint density at radius 1 is 0.838 bits per heavy atom. The van der Waals surface area contributed by atoms with Crippen LogP contribution >= 0.6 is 0 Å². The lowest BCUT2D eigenvalue weighted by Crippen LogP contribution is -2.37. The molecule has 2 aliphatic rings. The van der Waals surface area contributed by atoms with Crippen molar-refractivity contribution >= 4 is 23.2 Å². The summed E-state index contributed by atoms with van der Waals surface area (Å²) in [6.45, 7) is 4.96. The van der Waals surface area contributed by atoms with Gasteiger partial charge in [0.15, 0.2) is 17.6 Å². The Morgan fingerprint density at radius 3 is 2.35 bits per heavy atom. The van der Waals surface area contributed by atoms with Gasteiger partial charge in [-0.2, -0.15) is 0 Å². The van der Waals surface area contributed by atoms with Crippen molar-refractivity contribution in [2.45, 2.75) is 32.4 Å². The van der Waals surface area contributed by atoms with Gasteiger partial charge in [-0.3, -0.25) is 14.4 Å². The second-order valence-electron chi connectivity index (χ2n) is 8.86. The highest BCUT2D eigenvalue weighted by atomic mass is 16.7. The second-order valence-corrected chi connectivity index (χ2v) is 8.86. The molecule has 0 spiro atoms. The number of hydroxylamine groups is 1. The predicted molar refractivity (Wildman–Crippen MR) is 139 cm³/mol. The minimum Gasteiger partial charge on any atom is -0.494 e. The topological polar surface area (TPSA) is 77.5 Å². The molecule has 0 bridgehead atoms. The molecule has 2 saturated heterocycles. The first-order valence-electron chi connectivity index (χ1n) is 12.5. The predicted octanol–water partition coefficient (Wildman–Crippen LogP) is 4.93. The first kappa shape index (κ1) is 24.6. The van der Waals surface area contributed by atoms with Crippen LogP contribution in [-0.2, 0) is 14.4 Å². The number of ether oxygens (including phenoxy) is 3. The number of rotatable bonds is 9. The van der Waals surface area contributed by atoms with Gasteiger partial charge in [-0.15, -0.1) is 0 Å². The zero-order valence-electron chi connectivity index (χ0n) is 21.1. The van der Waals surface area contributed by atoms with Crippen molar-refractivity contribution in [1.82, 2.24) is 0 Å². The molecule has 5 rings (SSSR count). The van der Waals surface area contributed by atoms with Crippen LogP contribution in [0, 0.1) is 5.92 Å². The van der Waals surface area contributed by atoms with Gasteiger partial charge in [0, 0.05) is 6.07 Å². The number of methoxy groups -OCH3 is 1. The van der Waals surface area contributed by atoms with Crippen LogP contribution in [0.5, 0.6) is 17.2 Å². The summed E-state index contributed by atoms with van der Waals surface area (Å²) in [6, 6.07) is 21.5. The number of carbonyl (C=O) groups excluding carboxylic acids is 2. The summed E-state index contributed by atoms with van der Waals surface area (Å²) in [6.07, 6.45) is -0.0976. The lowest BCUT2D eigenvalue weighted by molar-refractivity contribution is -0.126. The average molecular weight is 503 g/mol. The Morgan fingerprint density at radius 2 is 1.62 bits per heavy atom. The van der Waals surface area contributed by atoms with Crippen molar-refractivity contribution in [2.75, 3.05) is 30.3 Å². The first-order chi connectivity index (χ1) is 18.1. The number of nitrogens with zero attached hydrogens (tertiary/aromatic N) is 2. The summed E-state index contributed by atoms with van der Waals surface area (Å²) in [4.78, 5) is 34.9. The third kappa shape index (κ3) is 4.49. The maximum Gasteiger partial charge on any atom is 0.266 e. The molecule has 0 aliphatic carbocycles. The van der Waals surface area contributed by atoms with E-state index in [0.717, 1.165) is 17.7 Å². The highest BCUT2D eigenvalue weighted by molar-refractivity contribution is 6.24. The first-order valence-corrected chi connectivity index (χ1v) is 12.5. The van der Waals surface area contributed by atoms with Crippen molar-refractivity contribution < 1.29 is 28.6 Å². The molecule has 0 unspecified atom stereocenters. The Hall–Kier alpha value is -4.04. The van der Waals surface area contributed by atoms with Crippen LogP contribution in [0.25, 0.3) is 0 Å². The molecule has 3 aromatic carbocycles. The van der Waals surface area contributed by atoms with E-state index in [1.54, 1.807) is 36.4 Å². The van der Waals surface area contributed by atoms with Gasteiger partial charge in [0.25, 0.3) is 5.91 Å². The van der Waals surface area contributed by atoms with Gasteiger partial charge in [-0.1, -0.05) is 37.3 Å². The highest BCUT2D eigenvalue weighted by Gasteiger charge is 2.60. The van der Waals surface area contributed by atoms with Crippen LogP contribution in [0.3, 0.4) is 0 Å². The highest BCUT2D eigenvalue weighted by Crippen LogP contribution is 2.48. The molecular formula is C29H30N2O6. The van der Waals surface area contributed by atoms with Gasteiger partial charge >= 0.3 is 0 Å². The lowest BCUT2D eigenvalue weighted by Gasteiger charge is -2.29. The summed E-state index contributed by atoms with van der Waals surface area (Å²) < 4.78 is 17.0. The van der Waals surface area contributed by atoms with E-state index in [9.17, 15) is 9.59 Å². The van der Waals surface area contributed by atoms with Gasteiger partial charge in [-0.25, -0.2) is 9.96 Å². The van der Waals surface area contributed by atoms with Crippen molar-refractivity contribution in [1.29, 1.82) is 0 Å². The maximum atomic E-state index is 13.9. The molecule has 0 saturated carbocycles. The summed E-state index contributed by atoms with van der Waals surface area (Å²) in [7, 11) is 1.58. The number of para-hydroxylation sites is 1. The summed E-state index contributed by atoms with van der Waals surface area (Å²) >= 11 is 0. The number of amides is 2. The van der Waals surface area contributed by atoms with Gasteiger partial charge < -0.3 is 14.2 Å².